The van der Waals surface area contributed by atoms with Crippen LogP contribution in [0.3, 0.4) is 0 Å². The van der Waals surface area contributed by atoms with Crippen LogP contribution < -0.4 is 4.90 Å². The van der Waals surface area contributed by atoms with Gasteiger partial charge < -0.3 is 4.90 Å². The molecule has 3 aromatic heterocycles. The van der Waals surface area contributed by atoms with Crippen LogP contribution in [0, 0.1) is 0 Å². The van der Waals surface area contributed by atoms with E-state index < -0.39 is 0 Å². The van der Waals surface area contributed by atoms with Gasteiger partial charge in [-0.05, 0) is 83.2 Å². The summed E-state index contributed by atoms with van der Waals surface area (Å²) in [5.41, 5.74) is 5.90. The van der Waals surface area contributed by atoms with Crippen molar-refractivity contribution in [2.24, 2.45) is 0 Å². The van der Waals surface area contributed by atoms with Crippen LogP contribution in [-0.2, 0) is 0 Å². The molecule has 0 aliphatic rings. The Morgan fingerprint density at radius 3 is 2.12 bits per heavy atom. The summed E-state index contributed by atoms with van der Waals surface area (Å²) in [5, 5.41) is 7.55. The van der Waals surface area contributed by atoms with E-state index in [1.54, 1.807) is 0 Å². The van der Waals surface area contributed by atoms with E-state index in [0.717, 1.165) is 11.4 Å². The van der Waals surface area contributed by atoms with E-state index in [2.05, 4.69) is 143 Å². The molecular formula is C39H24N2S2. The minimum atomic E-state index is 1.13. The standard InChI is InChI=1S/C39H24N2S2/c1-2-7-25(8-3-1)26-13-15-29(16-14-26)41(30-17-18-36-32(23-30)31-9-4-5-11-35(31)42-36)34-10-6-12-37-39(34)33-21-27-19-20-40-24-28(27)22-38(33)43-37/h1-24H. The normalized spacial score (nSPS) is 11.7. The van der Waals surface area contributed by atoms with Crippen molar-refractivity contribution in [3.63, 3.8) is 0 Å². The van der Waals surface area contributed by atoms with Crippen LogP contribution in [0.2, 0.25) is 0 Å². The summed E-state index contributed by atoms with van der Waals surface area (Å²) >= 11 is 3.71. The molecule has 2 nitrogen and oxygen atoms in total. The summed E-state index contributed by atoms with van der Waals surface area (Å²) < 4.78 is 5.19. The quantitative estimate of drug-likeness (QED) is 0.205. The number of hydrogen-bond acceptors (Lipinski definition) is 4. The molecule has 0 N–H and O–H groups in total. The Morgan fingerprint density at radius 2 is 1.21 bits per heavy atom. The van der Waals surface area contributed by atoms with E-state index in [0.29, 0.717) is 0 Å². The zero-order chi connectivity index (χ0) is 28.3. The first-order valence-corrected chi connectivity index (χ1v) is 16.0. The first-order valence-electron chi connectivity index (χ1n) is 14.4. The Kier molecular flexibility index (Phi) is 5.58. The van der Waals surface area contributed by atoms with E-state index in [1.165, 1.54) is 67.9 Å². The van der Waals surface area contributed by atoms with Gasteiger partial charge in [0.1, 0.15) is 0 Å². The third-order valence-corrected chi connectivity index (χ3v) is 10.6. The van der Waals surface area contributed by atoms with E-state index in [9.17, 15) is 0 Å². The zero-order valence-corrected chi connectivity index (χ0v) is 24.7. The molecule has 0 aliphatic heterocycles. The van der Waals surface area contributed by atoms with Gasteiger partial charge in [0, 0.05) is 69.5 Å². The fourth-order valence-corrected chi connectivity index (χ4v) is 8.53. The van der Waals surface area contributed by atoms with Crippen molar-refractivity contribution in [2.75, 3.05) is 4.90 Å². The lowest BCUT2D eigenvalue weighted by atomic mass is 10.0. The lowest BCUT2D eigenvalue weighted by Crippen LogP contribution is -2.10. The fraction of sp³-hybridized carbons (Fsp3) is 0. The van der Waals surface area contributed by atoms with Crippen LogP contribution in [0.4, 0.5) is 17.1 Å². The Hall–Kier alpha value is -5.03. The molecule has 0 fully saturated rings. The highest BCUT2D eigenvalue weighted by Crippen LogP contribution is 2.47. The molecule has 9 rings (SSSR count). The second-order valence-corrected chi connectivity index (χ2v) is 13.0. The lowest BCUT2D eigenvalue weighted by molar-refractivity contribution is 1.31. The highest BCUT2D eigenvalue weighted by atomic mass is 32.1. The molecule has 0 saturated heterocycles. The number of anilines is 3. The molecule has 0 saturated carbocycles. The first kappa shape index (κ1) is 24.6. The van der Waals surface area contributed by atoms with Crippen LogP contribution in [0.5, 0.6) is 0 Å². The molecule has 4 heteroatoms. The van der Waals surface area contributed by atoms with Crippen molar-refractivity contribution in [2.45, 2.75) is 0 Å². The van der Waals surface area contributed by atoms with Crippen LogP contribution in [0.15, 0.2) is 146 Å². The number of fused-ring (bicyclic) bond motifs is 7. The summed E-state index contributed by atoms with van der Waals surface area (Å²) in [5.74, 6) is 0. The van der Waals surface area contributed by atoms with E-state index in [1.807, 2.05) is 35.1 Å². The predicted octanol–water partition coefficient (Wildman–Crippen LogP) is 12.1. The number of aromatic nitrogens is 1. The van der Waals surface area contributed by atoms with E-state index >= 15 is 0 Å². The lowest BCUT2D eigenvalue weighted by Gasteiger charge is -2.27. The van der Waals surface area contributed by atoms with Gasteiger partial charge in [0.15, 0.2) is 0 Å². The third-order valence-electron chi connectivity index (χ3n) is 8.32. The topological polar surface area (TPSA) is 16.1 Å². The van der Waals surface area contributed by atoms with Gasteiger partial charge in [-0.1, -0.05) is 66.7 Å². The first-order chi connectivity index (χ1) is 21.3. The number of pyridine rings is 1. The average molecular weight is 585 g/mol. The van der Waals surface area contributed by atoms with E-state index in [-0.39, 0.29) is 0 Å². The number of benzene rings is 6. The Balaban J connectivity index is 1.31. The largest absolute Gasteiger partial charge is 0.310 e. The minimum absolute atomic E-state index is 1.13. The van der Waals surface area contributed by atoms with Crippen LogP contribution >= 0.6 is 22.7 Å². The molecule has 3 heterocycles. The molecule has 0 spiro atoms. The van der Waals surface area contributed by atoms with Crippen molar-refractivity contribution < 1.29 is 0 Å². The summed E-state index contributed by atoms with van der Waals surface area (Å²) in [6.45, 7) is 0. The number of hydrogen-bond donors (Lipinski definition) is 0. The fourth-order valence-electron chi connectivity index (χ4n) is 6.29. The molecule has 0 aliphatic carbocycles. The molecule has 9 aromatic rings. The molecular weight excluding hydrogens is 561 g/mol. The van der Waals surface area contributed by atoms with Gasteiger partial charge in [-0.3, -0.25) is 4.98 Å². The second kappa shape index (κ2) is 9.77. The highest BCUT2D eigenvalue weighted by molar-refractivity contribution is 7.26. The van der Waals surface area contributed by atoms with Gasteiger partial charge in [-0.15, -0.1) is 22.7 Å². The molecule has 0 unspecified atom stereocenters. The Labute approximate surface area is 256 Å². The monoisotopic (exact) mass is 584 g/mol. The van der Waals surface area contributed by atoms with Crippen molar-refractivity contribution in [1.82, 2.24) is 4.98 Å². The predicted molar refractivity (Wildman–Crippen MR) is 188 cm³/mol. The van der Waals surface area contributed by atoms with Crippen molar-refractivity contribution in [3.8, 4) is 11.1 Å². The zero-order valence-electron chi connectivity index (χ0n) is 23.1. The summed E-state index contributed by atoms with van der Waals surface area (Å²) in [4.78, 5) is 6.80. The molecule has 0 radical (unpaired) electrons. The maximum absolute atomic E-state index is 4.37. The van der Waals surface area contributed by atoms with E-state index in [4.69, 9.17) is 0 Å². The van der Waals surface area contributed by atoms with Crippen LogP contribution in [0.1, 0.15) is 0 Å². The molecule has 43 heavy (non-hydrogen) atoms. The SMILES string of the molecule is c1ccc(-c2ccc(N(c3ccc4sc5ccccc5c4c3)c3cccc4sc5cc6cnccc6cc5c34)cc2)cc1. The number of thiophene rings is 2. The van der Waals surface area contributed by atoms with Crippen molar-refractivity contribution >= 4 is 90.9 Å². The number of nitrogens with zero attached hydrogens (tertiary/aromatic N) is 2. The van der Waals surface area contributed by atoms with Gasteiger partial charge in [0.2, 0.25) is 0 Å². The van der Waals surface area contributed by atoms with Gasteiger partial charge in [0.25, 0.3) is 0 Å². The molecule has 0 amide bonds. The Bertz CT molecular complexity index is 2450. The maximum Gasteiger partial charge on any atom is 0.0554 e. The second-order valence-electron chi connectivity index (χ2n) is 10.9. The molecule has 202 valence electrons. The van der Waals surface area contributed by atoms with Gasteiger partial charge >= 0.3 is 0 Å². The smallest absolute Gasteiger partial charge is 0.0554 e. The van der Waals surface area contributed by atoms with Gasteiger partial charge in [0.05, 0.1) is 5.69 Å². The summed E-state index contributed by atoms with van der Waals surface area (Å²) in [6, 6.07) is 48.7. The molecule has 0 atom stereocenters. The van der Waals surface area contributed by atoms with Crippen molar-refractivity contribution in [1.29, 1.82) is 0 Å². The molecule has 0 bridgehead atoms. The van der Waals surface area contributed by atoms with Crippen LogP contribution in [0.25, 0.3) is 62.2 Å². The minimum Gasteiger partial charge on any atom is -0.310 e. The Morgan fingerprint density at radius 1 is 0.465 bits per heavy atom. The van der Waals surface area contributed by atoms with Crippen LogP contribution in [-0.4, -0.2) is 4.98 Å². The van der Waals surface area contributed by atoms with Crippen molar-refractivity contribution in [3.05, 3.63) is 146 Å². The van der Waals surface area contributed by atoms with Gasteiger partial charge in [-0.25, -0.2) is 0 Å². The third kappa shape index (κ3) is 4.03. The maximum atomic E-state index is 4.37. The van der Waals surface area contributed by atoms with Gasteiger partial charge in [-0.2, -0.15) is 0 Å². The number of rotatable bonds is 4. The summed E-state index contributed by atoms with van der Waals surface area (Å²) in [6.07, 6.45) is 3.84. The summed E-state index contributed by atoms with van der Waals surface area (Å²) in [7, 11) is 0. The molecule has 6 aromatic carbocycles. The highest BCUT2D eigenvalue weighted by Gasteiger charge is 2.20. The average Bonchev–Trinajstić information content (AvgIpc) is 3.62.